The molecule has 10 heteroatoms. The van der Waals surface area contributed by atoms with Crippen LogP contribution in [0, 0.1) is 28.8 Å². The minimum atomic E-state index is -3.60. The standard InChI is InChI=1S/C28H31F3N2O4S/c1-27(2)13-28(35,14-27)26(34)33-22-12-21(22)25(32-38(36,37)19-6-7-19)23(33)10-15-4-3-5-20(24(15)31)16-8-17(29)11-18(30)9-16/h3-5,8-9,11,19,21-23,25,32,35H,6-7,10,12-14H2,1-2H3/t21-,22+,23+,25+/m0/s1. The fourth-order valence-electron chi connectivity index (χ4n) is 6.79. The molecule has 38 heavy (non-hydrogen) atoms. The molecule has 0 aromatic heterocycles. The molecule has 0 radical (unpaired) electrons. The van der Waals surface area contributed by atoms with Crippen molar-refractivity contribution in [2.45, 2.75) is 81.3 Å². The van der Waals surface area contributed by atoms with Crippen LogP contribution in [0.25, 0.3) is 11.1 Å². The van der Waals surface area contributed by atoms with Crippen LogP contribution in [-0.4, -0.2) is 53.3 Å². The van der Waals surface area contributed by atoms with Crippen molar-refractivity contribution < 1.29 is 31.5 Å². The summed E-state index contributed by atoms with van der Waals surface area (Å²) in [5.41, 5.74) is -1.46. The lowest BCUT2D eigenvalue weighted by Gasteiger charge is -2.50. The Morgan fingerprint density at radius 2 is 1.76 bits per heavy atom. The molecule has 0 bridgehead atoms. The number of hydrogen-bond donors (Lipinski definition) is 2. The summed E-state index contributed by atoms with van der Waals surface area (Å²) in [6, 6.07) is 5.80. The van der Waals surface area contributed by atoms with E-state index in [-0.39, 0.29) is 40.5 Å². The summed E-state index contributed by atoms with van der Waals surface area (Å²) >= 11 is 0. The molecule has 1 amide bonds. The van der Waals surface area contributed by atoms with E-state index in [1.807, 2.05) is 13.8 Å². The van der Waals surface area contributed by atoms with E-state index >= 15 is 4.39 Å². The highest BCUT2D eigenvalue weighted by atomic mass is 32.2. The number of sulfonamides is 1. The van der Waals surface area contributed by atoms with Crippen molar-refractivity contribution in [2.75, 3.05) is 0 Å². The second-order valence-electron chi connectivity index (χ2n) is 12.3. The Morgan fingerprint density at radius 3 is 2.37 bits per heavy atom. The van der Waals surface area contributed by atoms with Crippen molar-refractivity contribution in [3.05, 3.63) is 59.4 Å². The van der Waals surface area contributed by atoms with Crippen LogP contribution in [0.4, 0.5) is 13.2 Å². The molecule has 3 aliphatic carbocycles. The van der Waals surface area contributed by atoms with Crippen LogP contribution >= 0.6 is 0 Å². The number of benzene rings is 2. The Hall–Kier alpha value is -2.43. The van der Waals surface area contributed by atoms with E-state index in [4.69, 9.17) is 0 Å². The minimum Gasteiger partial charge on any atom is -0.380 e. The van der Waals surface area contributed by atoms with Gasteiger partial charge in [0.1, 0.15) is 23.1 Å². The fourth-order valence-corrected chi connectivity index (χ4v) is 8.45. The highest BCUT2D eigenvalue weighted by Crippen LogP contribution is 2.54. The number of aliphatic hydroxyl groups is 1. The van der Waals surface area contributed by atoms with Crippen LogP contribution in [0.3, 0.4) is 0 Å². The number of hydrogen-bond acceptors (Lipinski definition) is 4. The van der Waals surface area contributed by atoms with Gasteiger partial charge in [-0.25, -0.2) is 26.3 Å². The van der Waals surface area contributed by atoms with Gasteiger partial charge in [0, 0.05) is 23.7 Å². The lowest BCUT2D eigenvalue weighted by Crippen LogP contribution is -2.62. The number of nitrogens with one attached hydrogen (secondary N) is 1. The smallest absolute Gasteiger partial charge is 0.255 e. The molecule has 1 aliphatic heterocycles. The molecule has 6 nitrogen and oxygen atoms in total. The Bertz CT molecular complexity index is 1400. The number of rotatable bonds is 7. The van der Waals surface area contributed by atoms with Crippen LogP contribution in [0.5, 0.6) is 0 Å². The van der Waals surface area contributed by atoms with Gasteiger partial charge >= 0.3 is 0 Å². The van der Waals surface area contributed by atoms with Crippen LogP contribution in [0.2, 0.25) is 0 Å². The number of likely N-dealkylation sites (tertiary alicyclic amines) is 1. The molecule has 1 heterocycles. The first-order chi connectivity index (χ1) is 17.8. The molecule has 3 saturated carbocycles. The molecule has 2 aromatic rings. The van der Waals surface area contributed by atoms with Gasteiger partial charge < -0.3 is 10.0 Å². The second kappa shape index (κ2) is 8.53. The topological polar surface area (TPSA) is 86.7 Å². The number of amides is 1. The average Bonchev–Trinajstić information content (AvgIpc) is 3.70. The molecule has 4 fully saturated rings. The van der Waals surface area contributed by atoms with Crippen molar-refractivity contribution in [3.8, 4) is 11.1 Å². The van der Waals surface area contributed by atoms with Gasteiger partial charge in [0.15, 0.2) is 0 Å². The van der Waals surface area contributed by atoms with Crippen molar-refractivity contribution in [3.63, 3.8) is 0 Å². The van der Waals surface area contributed by atoms with Crippen LogP contribution in [-0.2, 0) is 21.2 Å². The quantitative estimate of drug-likeness (QED) is 0.550. The van der Waals surface area contributed by atoms with Gasteiger partial charge in [-0.05, 0) is 73.1 Å². The first kappa shape index (κ1) is 25.8. The summed E-state index contributed by atoms with van der Waals surface area (Å²) in [6.07, 6.45) is 2.37. The average molecular weight is 549 g/mol. The summed E-state index contributed by atoms with van der Waals surface area (Å²) in [7, 11) is -3.60. The first-order valence-electron chi connectivity index (χ1n) is 13.1. The maximum atomic E-state index is 15.8. The molecule has 0 unspecified atom stereocenters. The van der Waals surface area contributed by atoms with E-state index in [0.717, 1.165) is 12.1 Å². The monoisotopic (exact) mass is 548 g/mol. The Kier molecular flexibility index (Phi) is 5.80. The molecule has 2 aromatic carbocycles. The van der Waals surface area contributed by atoms with Crippen LogP contribution in [0.1, 0.15) is 51.5 Å². The minimum absolute atomic E-state index is 0.00641. The number of nitrogens with zero attached hydrogens (tertiary/aromatic N) is 1. The summed E-state index contributed by atoms with van der Waals surface area (Å²) in [4.78, 5) is 15.3. The van der Waals surface area contributed by atoms with Gasteiger partial charge in [-0.3, -0.25) is 4.79 Å². The van der Waals surface area contributed by atoms with Crippen molar-refractivity contribution >= 4 is 15.9 Å². The summed E-state index contributed by atoms with van der Waals surface area (Å²) in [5.74, 6) is -2.89. The molecule has 4 aliphatic rings. The zero-order chi connectivity index (χ0) is 27.2. The molecule has 6 rings (SSSR count). The molecule has 4 atom stereocenters. The third kappa shape index (κ3) is 4.44. The number of fused-ring (bicyclic) bond motifs is 1. The molecule has 204 valence electrons. The highest BCUT2D eigenvalue weighted by Gasteiger charge is 2.65. The normalized spacial score (nSPS) is 29.1. The van der Waals surface area contributed by atoms with E-state index in [9.17, 15) is 27.1 Å². The van der Waals surface area contributed by atoms with Crippen molar-refractivity contribution in [1.82, 2.24) is 9.62 Å². The lowest BCUT2D eigenvalue weighted by atomic mass is 9.61. The summed E-state index contributed by atoms with van der Waals surface area (Å²) in [6.45, 7) is 3.94. The maximum absolute atomic E-state index is 15.8. The van der Waals surface area contributed by atoms with E-state index in [1.165, 1.54) is 12.1 Å². The predicted octanol–water partition coefficient (Wildman–Crippen LogP) is 3.91. The van der Waals surface area contributed by atoms with Gasteiger partial charge in [0.05, 0.1) is 11.3 Å². The van der Waals surface area contributed by atoms with Gasteiger partial charge in [-0.1, -0.05) is 32.0 Å². The van der Waals surface area contributed by atoms with E-state index in [0.29, 0.717) is 38.2 Å². The van der Waals surface area contributed by atoms with Gasteiger partial charge in [-0.2, -0.15) is 0 Å². The zero-order valence-electron chi connectivity index (χ0n) is 21.3. The Balaban J connectivity index is 1.35. The Labute approximate surface area is 220 Å². The molecular formula is C28H31F3N2O4S. The summed E-state index contributed by atoms with van der Waals surface area (Å²) in [5, 5.41) is 10.7. The predicted molar refractivity (Wildman–Crippen MR) is 135 cm³/mol. The molecule has 1 saturated heterocycles. The van der Waals surface area contributed by atoms with E-state index in [2.05, 4.69) is 4.72 Å². The number of piperidine rings is 1. The second-order valence-corrected chi connectivity index (χ2v) is 14.3. The fraction of sp³-hybridized carbons (Fsp3) is 0.536. The molecular weight excluding hydrogens is 517 g/mol. The van der Waals surface area contributed by atoms with Gasteiger partial charge in [0.2, 0.25) is 10.0 Å². The third-order valence-corrected chi connectivity index (χ3v) is 10.5. The zero-order valence-corrected chi connectivity index (χ0v) is 22.1. The van der Waals surface area contributed by atoms with E-state index < -0.39 is 56.3 Å². The van der Waals surface area contributed by atoms with Crippen LogP contribution in [0.15, 0.2) is 36.4 Å². The van der Waals surface area contributed by atoms with Gasteiger partial charge in [-0.15, -0.1) is 0 Å². The van der Waals surface area contributed by atoms with Crippen LogP contribution < -0.4 is 4.72 Å². The van der Waals surface area contributed by atoms with E-state index in [1.54, 1.807) is 11.0 Å². The van der Waals surface area contributed by atoms with Gasteiger partial charge in [0.25, 0.3) is 5.91 Å². The highest BCUT2D eigenvalue weighted by molar-refractivity contribution is 7.90. The number of carbonyl (C=O) groups is 1. The summed E-state index contributed by atoms with van der Waals surface area (Å²) < 4.78 is 72.1. The molecule has 0 spiro atoms. The Morgan fingerprint density at radius 1 is 1.11 bits per heavy atom. The SMILES string of the molecule is CC1(C)CC(O)(C(=O)N2[C@@H]3C[C@@H]3[C@@H](NS(=O)(=O)C3CC3)[C@H]2Cc2cccc(-c3cc(F)cc(F)c3)c2F)C1. The maximum Gasteiger partial charge on any atom is 0.255 e. The number of carbonyl (C=O) groups excluding carboxylic acids is 1. The largest absolute Gasteiger partial charge is 0.380 e. The van der Waals surface area contributed by atoms with Crippen molar-refractivity contribution in [2.24, 2.45) is 11.3 Å². The van der Waals surface area contributed by atoms with Crippen molar-refractivity contribution in [1.29, 1.82) is 0 Å². The lowest BCUT2D eigenvalue weighted by molar-refractivity contribution is -0.178. The first-order valence-corrected chi connectivity index (χ1v) is 14.6. The molecule has 2 N–H and O–H groups in total. The number of halogens is 3. The third-order valence-electron chi connectivity index (χ3n) is 8.51.